The van der Waals surface area contributed by atoms with Gasteiger partial charge < -0.3 is 75.8 Å². The molecule has 92 heavy (non-hydrogen) atoms. The van der Waals surface area contributed by atoms with Gasteiger partial charge in [0.1, 0.15) is 73.2 Å². The van der Waals surface area contributed by atoms with Crippen molar-refractivity contribution in [3.63, 3.8) is 0 Å². The molecule has 0 radical (unpaired) electrons. The van der Waals surface area contributed by atoms with Gasteiger partial charge in [0, 0.05) is 5.56 Å². The highest BCUT2D eigenvalue weighted by Crippen LogP contribution is 2.42. The fraction of sp³-hybridized carbons (Fsp3) is 0.368. The second kappa shape index (κ2) is 30.9. The third-order valence-electron chi connectivity index (χ3n) is 17.5. The molecule has 16 nitrogen and oxygen atoms in total. The van der Waals surface area contributed by atoms with E-state index in [2.05, 4.69) is 12.1 Å². The molecule has 14 rings (SSSR count). The summed E-state index contributed by atoms with van der Waals surface area (Å²) >= 11 is 0. The number of benzene rings is 8. The molecule has 16 heteroatoms. The Morgan fingerprint density at radius 2 is 0.652 bits per heavy atom. The van der Waals surface area contributed by atoms with Crippen LogP contribution in [0, 0.1) is 0 Å². The number of ether oxygens (including phenoxy) is 16. The highest BCUT2D eigenvalue weighted by molar-refractivity contribution is 5.25. The van der Waals surface area contributed by atoms with E-state index in [1.807, 2.05) is 218 Å². The van der Waals surface area contributed by atoms with E-state index in [-0.39, 0.29) is 79.3 Å². The third-order valence-corrected chi connectivity index (χ3v) is 17.5. The first-order valence-corrected chi connectivity index (χ1v) is 32.0. The monoisotopic (exact) mass is 1250 g/mol. The highest BCUT2D eigenvalue weighted by Gasteiger charge is 2.58. The maximum Gasteiger partial charge on any atom is 0.187 e. The molecule has 16 atom stereocenters. The van der Waals surface area contributed by atoms with E-state index in [0.29, 0.717) is 0 Å². The van der Waals surface area contributed by atoms with Crippen LogP contribution in [0.25, 0.3) is 0 Å². The molecule has 6 aliphatic rings. The van der Waals surface area contributed by atoms with Gasteiger partial charge in [-0.25, -0.2) is 0 Å². The van der Waals surface area contributed by atoms with Crippen LogP contribution in [0.15, 0.2) is 231 Å². The zero-order chi connectivity index (χ0) is 61.7. The summed E-state index contributed by atoms with van der Waals surface area (Å²) in [5, 5.41) is 0. The summed E-state index contributed by atoms with van der Waals surface area (Å²) in [5.74, 6) is 0. The van der Waals surface area contributed by atoms with E-state index in [1.165, 1.54) is 0 Å². The van der Waals surface area contributed by atoms with E-state index >= 15 is 0 Å². The predicted molar refractivity (Wildman–Crippen MR) is 336 cm³/mol. The van der Waals surface area contributed by atoms with Crippen LogP contribution in [0.3, 0.4) is 0 Å². The van der Waals surface area contributed by atoms with Gasteiger partial charge in [0.2, 0.25) is 0 Å². The molecule has 8 bridgehead atoms. The molecular weight excluding hydrogens is 1170 g/mol. The Kier molecular flexibility index (Phi) is 21.0. The molecule has 0 aliphatic carbocycles. The molecule has 6 heterocycles. The van der Waals surface area contributed by atoms with Crippen molar-refractivity contribution < 1.29 is 75.8 Å². The van der Waals surface area contributed by atoms with Gasteiger partial charge in [-0.1, -0.05) is 231 Å². The fourth-order valence-electron chi connectivity index (χ4n) is 12.8. The molecule has 4 saturated heterocycles. The second-order valence-corrected chi connectivity index (χ2v) is 24.1. The van der Waals surface area contributed by atoms with Crippen LogP contribution < -0.4 is 0 Å². The van der Waals surface area contributed by atoms with Gasteiger partial charge in [0.25, 0.3) is 0 Å². The molecule has 0 N–H and O–H groups in total. The minimum Gasteiger partial charge on any atom is -0.374 e. The maximum atomic E-state index is 7.70. The van der Waals surface area contributed by atoms with Crippen molar-refractivity contribution in [3.8, 4) is 0 Å². The number of rotatable bonds is 16. The molecule has 0 saturated carbocycles. The first kappa shape index (κ1) is 62.6. The number of fused-ring (bicyclic) bond motifs is 13. The van der Waals surface area contributed by atoms with Crippen LogP contribution in [0.4, 0.5) is 0 Å². The number of hydrogen-bond donors (Lipinski definition) is 0. The zero-order valence-corrected chi connectivity index (χ0v) is 51.2. The summed E-state index contributed by atoms with van der Waals surface area (Å²) in [6.07, 6.45) is -14.4. The summed E-state index contributed by atoms with van der Waals surface area (Å²) in [6, 6.07) is 76.4. The van der Waals surface area contributed by atoms with Crippen molar-refractivity contribution in [2.45, 2.75) is 158 Å². The molecule has 0 spiro atoms. The van der Waals surface area contributed by atoms with Crippen molar-refractivity contribution in [2.75, 3.05) is 19.8 Å². The fourth-order valence-corrected chi connectivity index (χ4v) is 12.8. The van der Waals surface area contributed by atoms with Crippen molar-refractivity contribution in [1.82, 2.24) is 0 Å². The largest absolute Gasteiger partial charge is 0.374 e. The normalized spacial score (nSPS) is 30.0. The van der Waals surface area contributed by atoms with Gasteiger partial charge in [0.05, 0.1) is 79.3 Å². The van der Waals surface area contributed by atoms with Gasteiger partial charge in [-0.05, 0) is 50.1 Å². The lowest BCUT2D eigenvalue weighted by Crippen LogP contribution is -2.68. The van der Waals surface area contributed by atoms with E-state index in [4.69, 9.17) is 75.8 Å². The summed E-state index contributed by atoms with van der Waals surface area (Å²) < 4.78 is 115. The van der Waals surface area contributed by atoms with Crippen LogP contribution in [0.5, 0.6) is 0 Å². The second-order valence-electron chi connectivity index (χ2n) is 24.1. The molecule has 8 aromatic rings. The Morgan fingerprint density at radius 1 is 0.283 bits per heavy atom. The van der Waals surface area contributed by atoms with Crippen molar-refractivity contribution >= 4 is 0 Å². The molecule has 478 valence electrons. The third kappa shape index (κ3) is 15.7. The van der Waals surface area contributed by atoms with E-state index < -0.39 is 98.4 Å². The minimum atomic E-state index is -1.21. The van der Waals surface area contributed by atoms with Crippen LogP contribution in [-0.4, -0.2) is 112 Å². The standard InChI is InChI=1S/C76H78O16/c1-7-21-51(22-8-1)41-79-67-64-61(87-74(85-45-55-29-15-5-16-30-55)70(67)82-42-52-23-9-2-10-24-52)48-77-39-56-31-19-33-58(37-56)46-80-68-65-62(88-75(91-64)71(68)83-43-53-25-11-3-12-26-53)49-78-40-57-32-20-34-59(38-57)47-81-69-66-63(50-86-73(90-66)60-35-17-6-18-36-60)89-76(92-65)72(69)84-44-54-27-13-4-14-28-54/h1-38,61-76H,39-50H2/t61-,62-,63+,64+,65-,66+,67-,68+,69-,70-,71+,72+,73-,74-,75-,76+/m0/s1. The van der Waals surface area contributed by atoms with Gasteiger partial charge >= 0.3 is 0 Å². The SMILES string of the molecule is c1ccc(CO[C@H]2O[C@H]3COCc4cccc(c4)CO[C@@H]4[C@H]5O[C@H]6O[C@@H]7CO[C@H](c8ccccc8)O[C@H]7[C@H](OCc7cccc(c7)COC[C@@H]5O[C@@H](O[C@H]3[C@H](OCc3ccccc3)[C@@H]2OCc2ccccc2)[C@@H]4OCc2ccccc2)[C@H]6OCc2ccccc2)cc1. The Hall–Kier alpha value is -6.88. The molecule has 4 fully saturated rings. The highest BCUT2D eigenvalue weighted by atomic mass is 16.8. The quantitative estimate of drug-likeness (QED) is 0.0902. The lowest BCUT2D eigenvalue weighted by molar-refractivity contribution is -0.406. The summed E-state index contributed by atoms with van der Waals surface area (Å²) in [4.78, 5) is 0. The average molecular weight is 1250 g/mol. The molecular formula is C76H78O16. The minimum absolute atomic E-state index is 0.0224. The van der Waals surface area contributed by atoms with Crippen LogP contribution in [-0.2, 0) is 135 Å². The van der Waals surface area contributed by atoms with Crippen molar-refractivity contribution in [2.24, 2.45) is 0 Å². The van der Waals surface area contributed by atoms with Crippen LogP contribution in [0.2, 0.25) is 0 Å². The van der Waals surface area contributed by atoms with Gasteiger partial charge in [-0.3, -0.25) is 0 Å². The lowest BCUT2D eigenvalue weighted by atomic mass is 9.94. The Bertz CT molecular complexity index is 3500. The van der Waals surface area contributed by atoms with E-state index in [9.17, 15) is 0 Å². The van der Waals surface area contributed by atoms with E-state index in [0.717, 1.165) is 55.6 Å². The first-order chi connectivity index (χ1) is 45.6. The summed E-state index contributed by atoms with van der Waals surface area (Å²) in [5.41, 5.74) is 9.31. The zero-order valence-electron chi connectivity index (χ0n) is 51.2. The molecule has 8 aromatic carbocycles. The smallest absolute Gasteiger partial charge is 0.187 e. The lowest BCUT2D eigenvalue weighted by Gasteiger charge is -2.52. The molecule has 0 aromatic heterocycles. The van der Waals surface area contributed by atoms with Crippen LogP contribution >= 0.6 is 0 Å². The van der Waals surface area contributed by atoms with Crippen LogP contribution in [0.1, 0.15) is 61.9 Å². The van der Waals surface area contributed by atoms with Crippen molar-refractivity contribution in [1.29, 1.82) is 0 Å². The van der Waals surface area contributed by atoms with Gasteiger partial charge in [0.15, 0.2) is 25.2 Å². The number of hydrogen-bond acceptors (Lipinski definition) is 16. The maximum absolute atomic E-state index is 7.70. The average Bonchev–Trinajstić information content (AvgIpc) is 0.822. The molecule has 0 unspecified atom stereocenters. The topological polar surface area (TPSA) is 148 Å². The van der Waals surface area contributed by atoms with Crippen molar-refractivity contribution in [3.05, 3.63) is 286 Å². The Morgan fingerprint density at radius 3 is 1.12 bits per heavy atom. The Labute approximate surface area is 537 Å². The molecule has 6 aliphatic heterocycles. The first-order valence-electron chi connectivity index (χ1n) is 32.0. The van der Waals surface area contributed by atoms with Gasteiger partial charge in [-0.2, -0.15) is 0 Å². The predicted octanol–water partition coefficient (Wildman–Crippen LogP) is 11.8. The Balaban J connectivity index is 0.882. The summed E-state index contributed by atoms with van der Waals surface area (Å²) in [7, 11) is 0. The van der Waals surface area contributed by atoms with E-state index in [1.54, 1.807) is 0 Å². The van der Waals surface area contributed by atoms with Gasteiger partial charge in [-0.15, -0.1) is 0 Å². The molecule has 0 amide bonds. The summed E-state index contributed by atoms with van der Waals surface area (Å²) in [6.45, 7) is 2.14.